The number of carboxylic acids is 1. The zero-order chi connectivity index (χ0) is 33.9. The lowest BCUT2D eigenvalue weighted by molar-refractivity contribution is -0.114. The van der Waals surface area contributed by atoms with Crippen molar-refractivity contribution >= 4 is 64.5 Å². The number of carbonyl (C=O) groups is 4. The standard InChI is InChI=1S/C34H30ClN3O8S/c1-44-28-15-20(16-29(45-2)31(28)46-3)14-27(38-32(40)21-8-5-4-6-9-21)33(41)36-23-10-7-11-24(18-23)47-19-30(39)37-26-17-22(34(42)43)12-13-25(26)35/h4-18H,19H2,1-3H3,(H,36,41)(H,37,39)(H,38,40)(H,42,43)/b27-14+. The van der Waals surface area contributed by atoms with Crippen molar-refractivity contribution in [3.05, 3.63) is 112 Å². The average molecular weight is 676 g/mol. The maximum atomic E-state index is 13.6. The maximum Gasteiger partial charge on any atom is 0.335 e. The Bertz CT molecular complexity index is 1810. The van der Waals surface area contributed by atoms with Crippen molar-refractivity contribution in [1.29, 1.82) is 0 Å². The fourth-order valence-electron chi connectivity index (χ4n) is 4.25. The highest BCUT2D eigenvalue weighted by atomic mass is 35.5. The van der Waals surface area contributed by atoms with Gasteiger partial charge in [0.15, 0.2) is 11.5 Å². The second-order valence-corrected chi connectivity index (χ2v) is 11.1. The van der Waals surface area contributed by atoms with Gasteiger partial charge in [0.25, 0.3) is 11.8 Å². The molecule has 0 saturated carbocycles. The molecule has 0 aliphatic carbocycles. The molecule has 0 atom stereocenters. The average Bonchev–Trinajstić information content (AvgIpc) is 3.07. The summed E-state index contributed by atoms with van der Waals surface area (Å²) in [4.78, 5) is 51.2. The number of hydrogen-bond acceptors (Lipinski definition) is 8. The van der Waals surface area contributed by atoms with Gasteiger partial charge in [0.2, 0.25) is 11.7 Å². The maximum absolute atomic E-state index is 13.6. The van der Waals surface area contributed by atoms with Crippen molar-refractivity contribution in [3.63, 3.8) is 0 Å². The zero-order valence-electron chi connectivity index (χ0n) is 25.5. The number of carboxylic acid groups (broad SMARTS) is 1. The van der Waals surface area contributed by atoms with Crippen molar-refractivity contribution in [2.24, 2.45) is 0 Å². The number of thioether (sulfide) groups is 1. The molecule has 0 unspecified atom stereocenters. The third-order valence-corrected chi connectivity index (χ3v) is 7.80. The predicted octanol–water partition coefficient (Wildman–Crippen LogP) is 6.20. The molecule has 0 aliphatic rings. The molecular formula is C34H30ClN3O8S. The van der Waals surface area contributed by atoms with Crippen molar-refractivity contribution in [2.45, 2.75) is 4.90 Å². The van der Waals surface area contributed by atoms with Crippen molar-refractivity contribution in [2.75, 3.05) is 37.7 Å². The Morgan fingerprint density at radius 2 is 1.51 bits per heavy atom. The lowest BCUT2D eigenvalue weighted by Gasteiger charge is -2.15. The molecule has 4 rings (SSSR count). The number of carbonyl (C=O) groups excluding carboxylic acids is 3. The lowest BCUT2D eigenvalue weighted by atomic mass is 10.1. The Hall–Kier alpha value is -5.46. The summed E-state index contributed by atoms with van der Waals surface area (Å²) in [5.74, 6) is -1.61. The van der Waals surface area contributed by atoms with Gasteiger partial charge in [-0.1, -0.05) is 35.9 Å². The van der Waals surface area contributed by atoms with Crippen LogP contribution in [0.1, 0.15) is 26.3 Å². The summed E-state index contributed by atoms with van der Waals surface area (Å²) in [6.07, 6.45) is 1.48. The highest BCUT2D eigenvalue weighted by Crippen LogP contribution is 2.38. The second-order valence-electron chi connectivity index (χ2n) is 9.66. The van der Waals surface area contributed by atoms with Gasteiger partial charge >= 0.3 is 5.97 Å². The van der Waals surface area contributed by atoms with Crippen molar-refractivity contribution in [1.82, 2.24) is 5.32 Å². The summed E-state index contributed by atoms with van der Waals surface area (Å²) >= 11 is 7.30. The lowest BCUT2D eigenvalue weighted by Crippen LogP contribution is -2.30. The topological polar surface area (TPSA) is 152 Å². The van der Waals surface area contributed by atoms with Gasteiger partial charge < -0.3 is 35.3 Å². The number of rotatable bonds is 13. The summed E-state index contributed by atoms with van der Waals surface area (Å²) in [5.41, 5.74) is 1.35. The third-order valence-electron chi connectivity index (χ3n) is 6.48. The predicted molar refractivity (Wildman–Crippen MR) is 181 cm³/mol. The van der Waals surface area contributed by atoms with E-state index in [1.54, 1.807) is 66.7 Å². The molecule has 0 heterocycles. The molecule has 0 spiro atoms. The number of amides is 3. The Balaban J connectivity index is 1.53. The minimum absolute atomic E-state index is 0.0144. The Labute approximate surface area is 279 Å². The van der Waals surface area contributed by atoms with Crippen LogP contribution in [0.2, 0.25) is 5.02 Å². The third kappa shape index (κ3) is 9.28. The number of methoxy groups -OCH3 is 3. The second kappa shape index (κ2) is 16.2. The molecule has 0 saturated heterocycles. The summed E-state index contributed by atoms with van der Waals surface area (Å²) in [5, 5.41) is 17.5. The van der Waals surface area contributed by atoms with Crippen LogP contribution in [0, 0.1) is 0 Å². The quantitative estimate of drug-likeness (QED) is 0.0958. The first-order chi connectivity index (χ1) is 22.6. The molecule has 0 radical (unpaired) electrons. The molecule has 0 bridgehead atoms. The van der Waals surface area contributed by atoms with Gasteiger partial charge in [-0.25, -0.2) is 4.79 Å². The van der Waals surface area contributed by atoms with E-state index in [4.69, 9.17) is 25.8 Å². The summed E-state index contributed by atoms with van der Waals surface area (Å²) < 4.78 is 16.2. The van der Waals surface area contributed by atoms with Crippen LogP contribution in [0.25, 0.3) is 6.08 Å². The van der Waals surface area contributed by atoms with Crippen LogP contribution in [0.3, 0.4) is 0 Å². The SMILES string of the molecule is COc1cc(/C=C(/NC(=O)c2ccccc2)C(=O)Nc2cccc(SCC(=O)Nc3cc(C(=O)O)ccc3Cl)c2)cc(OC)c1OC. The molecule has 4 aromatic rings. The van der Waals surface area contributed by atoms with E-state index < -0.39 is 23.7 Å². The zero-order valence-corrected chi connectivity index (χ0v) is 27.0. The highest BCUT2D eigenvalue weighted by Gasteiger charge is 2.18. The van der Waals surface area contributed by atoms with Crippen molar-refractivity contribution < 1.29 is 38.5 Å². The first-order valence-corrected chi connectivity index (χ1v) is 15.2. The van der Waals surface area contributed by atoms with E-state index in [0.717, 1.165) is 0 Å². The first-order valence-electron chi connectivity index (χ1n) is 13.9. The minimum Gasteiger partial charge on any atom is -0.493 e. The van der Waals surface area contributed by atoms with Crippen LogP contribution in [-0.2, 0) is 9.59 Å². The van der Waals surface area contributed by atoms with Gasteiger partial charge in [-0.15, -0.1) is 11.8 Å². The fourth-order valence-corrected chi connectivity index (χ4v) is 5.16. The van der Waals surface area contributed by atoms with Crippen LogP contribution in [-0.4, -0.2) is 55.9 Å². The number of benzene rings is 4. The van der Waals surface area contributed by atoms with Crippen molar-refractivity contribution in [3.8, 4) is 17.2 Å². The van der Waals surface area contributed by atoms with Crippen LogP contribution >= 0.6 is 23.4 Å². The van der Waals surface area contributed by atoms with E-state index in [-0.39, 0.29) is 27.7 Å². The van der Waals surface area contributed by atoms with Gasteiger partial charge in [-0.2, -0.15) is 0 Å². The Morgan fingerprint density at radius 1 is 0.809 bits per heavy atom. The van der Waals surface area contributed by atoms with Gasteiger partial charge in [0, 0.05) is 16.1 Å². The van der Waals surface area contributed by atoms with E-state index in [2.05, 4.69) is 16.0 Å². The smallest absolute Gasteiger partial charge is 0.335 e. The van der Waals surface area contributed by atoms with Gasteiger partial charge in [-0.05, 0) is 72.3 Å². The number of halogens is 1. The number of nitrogens with one attached hydrogen (secondary N) is 3. The normalized spacial score (nSPS) is 10.9. The van der Waals surface area contributed by atoms with Gasteiger partial charge in [-0.3, -0.25) is 14.4 Å². The van der Waals surface area contributed by atoms with Crippen LogP contribution in [0.4, 0.5) is 11.4 Å². The highest BCUT2D eigenvalue weighted by molar-refractivity contribution is 8.00. The summed E-state index contributed by atoms with van der Waals surface area (Å²) in [7, 11) is 4.41. The van der Waals surface area contributed by atoms with Crippen LogP contribution in [0.5, 0.6) is 17.2 Å². The van der Waals surface area contributed by atoms with E-state index in [0.29, 0.717) is 39.0 Å². The fraction of sp³-hybridized carbons (Fsp3) is 0.118. The molecule has 13 heteroatoms. The van der Waals surface area contributed by atoms with E-state index in [1.165, 1.54) is 57.4 Å². The number of ether oxygens (including phenoxy) is 3. The summed E-state index contributed by atoms with van der Waals surface area (Å²) in [6, 6.07) is 22.5. The molecule has 4 aromatic carbocycles. The monoisotopic (exact) mass is 675 g/mol. The molecule has 242 valence electrons. The number of aromatic carboxylic acids is 1. The molecule has 0 fully saturated rings. The molecule has 4 N–H and O–H groups in total. The summed E-state index contributed by atoms with van der Waals surface area (Å²) in [6.45, 7) is 0. The molecule has 3 amide bonds. The molecule has 11 nitrogen and oxygen atoms in total. The minimum atomic E-state index is -1.15. The molecular weight excluding hydrogens is 646 g/mol. The Kier molecular flexibility index (Phi) is 11.9. The van der Waals surface area contributed by atoms with Gasteiger partial charge in [0.05, 0.1) is 43.4 Å². The van der Waals surface area contributed by atoms with E-state index in [9.17, 15) is 24.3 Å². The number of anilines is 2. The Morgan fingerprint density at radius 3 is 2.15 bits per heavy atom. The largest absolute Gasteiger partial charge is 0.493 e. The molecule has 0 aromatic heterocycles. The van der Waals surface area contributed by atoms with E-state index >= 15 is 0 Å². The van der Waals surface area contributed by atoms with Crippen LogP contribution in [0.15, 0.2) is 95.5 Å². The van der Waals surface area contributed by atoms with Gasteiger partial charge in [0.1, 0.15) is 5.70 Å². The molecule has 47 heavy (non-hydrogen) atoms. The van der Waals surface area contributed by atoms with E-state index in [1.807, 2.05) is 0 Å². The van der Waals surface area contributed by atoms with Crippen LogP contribution < -0.4 is 30.2 Å². The first kappa shape index (κ1) is 34.4. The number of hydrogen-bond donors (Lipinski definition) is 4. The molecule has 0 aliphatic heterocycles.